The van der Waals surface area contributed by atoms with Crippen molar-refractivity contribution in [1.29, 1.82) is 0 Å². The Labute approximate surface area is 122 Å². The normalized spacial score (nSPS) is 10.3. The molecule has 98 valence electrons. The highest BCUT2D eigenvalue weighted by Gasteiger charge is 2.14. The minimum atomic E-state index is -0.550. The third-order valence-corrected chi connectivity index (χ3v) is 3.33. The summed E-state index contributed by atoms with van der Waals surface area (Å²) in [5.41, 5.74) is 0.779. The maximum atomic E-state index is 13.8. The number of pyridine rings is 1. The van der Waals surface area contributed by atoms with Crippen LogP contribution in [0.4, 0.5) is 10.1 Å². The van der Waals surface area contributed by atoms with Crippen LogP contribution in [-0.4, -0.2) is 10.9 Å². The molecule has 0 radical (unpaired) electrons. The Morgan fingerprint density at radius 2 is 2.21 bits per heavy atom. The first-order chi connectivity index (χ1) is 8.99. The van der Waals surface area contributed by atoms with Gasteiger partial charge in [0, 0.05) is 6.20 Å². The predicted octanol–water partition coefficient (Wildman–Crippen LogP) is 4.20. The highest BCUT2D eigenvalue weighted by molar-refractivity contribution is 9.10. The van der Waals surface area contributed by atoms with Crippen LogP contribution in [0.5, 0.6) is 0 Å². The van der Waals surface area contributed by atoms with Gasteiger partial charge in [-0.3, -0.25) is 4.79 Å². The molecule has 19 heavy (non-hydrogen) atoms. The average molecular weight is 344 g/mol. The van der Waals surface area contributed by atoms with E-state index in [1.54, 1.807) is 19.1 Å². The number of nitrogens with one attached hydrogen (secondary N) is 1. The topological polar surface area (TPSA) is 42.0 Å². The van der Waals surface area contributed by atoms with Gasteiger partial charge in [0.25, 0.3) is 5.91 Å². The number of aromatic nitrogens is 1. The van der Waals surface area contributed by atoms with E-state index in [0.717, 1.165) is 0 Å². The lowest BCUT2D eigenvalue weighted by Gasteiger charge is -2.08. The van der Waals surface area contributed by atoms with E-state index in [1.165, 1.54) is 18.3 Å². The number of halogens is 3. The zero-order valence-electron chi connectivity index (χ0n) is 9.88. The molecule has 0 unspecified atom stereocenters. The smallest absolute Gasteiger partial charge is 0.258 e. The summed E-state index contributed by atoms with van der Waals surface area (Å²) in [5.74, 6) is -1.09. The number of carbonyl (C=O) groups is 1. The number of nitrogens with zero attached hydrogens (tertiary/aromatic N) is 1. The molecule has 2 aromatic rings. The van der Waals surface area contributed by atoms with Crippen LogP contribution in [0.2, 0.25) is 5.02 Å². The first-order valence-electron chi connectivity index (χ1n) is 5.36. The molecule has 0 aliphatic rings. The van der Waals surface area contributed by atoms with E-state index in [1.807, 2.05) is 0 Å². The highest BCUT2D eigenvalue weighted by Crippen LogP contribution is 2.24. The Morgan fingerprint density at radius 3 is 2.95 bits per heavy atom. The molecule has 1 aromatic heterocycles. The van der Waals surface area contributed by atoms with Crippen molar-refractivity contribution in [1.82, 2.24) is 4.98 Å². The molecule has 0 saturated heterocycles. The molecule has 6 heteroatoms. The molecule has 0 bridgehead atoms. The molecule has 0 aliphatic carbocycles. The summed E-state index contributed by atoms with van der Waals surface area (Å²) < 4.78 is 14.2. The molecular formula is C13H9BrClFN2O. The van der Waals surface area contributed by atoms with Gasteiger partial charge in [-0.15, -0.1) is 0 Å². The first-order valence-corrected chi connectivity index (χ1v) is 6.53. The number of aryl methyl sites for hydroxylation is 1. The second kappa shape index (κ2) is 5.67. The molecule has 3 nitrogen and oxygen atoms in total. The first kappa shape index (κ1) is 14.0. The van der Waals surface area contributed by atoms with E-state index >= 15 is 0 Å². The Bertz CT molecular complexity index is 649. The van der Waals surface area contributed by atoms with Crippen molar-refractivity contribution in [2.24, 2.45) is 0 Å². The molecule has 1 aromatic carbocycles. The van der Waals surface area contributed by atoms with Crippen LogP contribution in [0.3, 0.4) is 0 Å². The van der Waals surface area contributed by atoms with Crippen LogP contribution in [-0.2, 0) is 0 Å². The quantitative estimate of drug-likeness (QED) is 0.831. The number of carbonyl (C=O) groups excluding carboxylic acids is 1. The Hall–Kier alpha value is -1.46. The Kier molecular flexibility index (Phi) is 4.17. The fourth-order valence-corrected chi connectivity index (χ4v) is 2.00. The monoisotopic (exact) mass is 342 g/mol. The van der Waals surface area contributed by atoms with Crippen molar-refractivity contribution in [3.8, 4) is 0 Å². The minimum absolute atomic E-state index is 0.0214. The van der Waals surface area contributed by atoms with Crippen LogP contribution in [0.1, 0.15) is 15.9 Å². The summed E-state index contributed by atoms with van der Waals surface area (Å²) >= 11 is 8.98. The molecule has 2 rings (SSSR count). The number of hydrogen-bond acceptors (Lipinski definition) is 2. The maximum absolute atomic E-state index is 13.8. The van der Waals surface area contributed by atoms with Gasteiger partial charge >= 0.3 is 0 Å². The lowest BCUT2D eigenvalue weighted by molar-refractivity contribution is 0.102. The van der Waals surface area contributed by atoms with Gasteiger partial charge in [-0.1, -0.05) is 23.7 Å². The van der Waals surface area contributed by atoms with E-state index in [2.05, 4.69) is 26.2 Å². The highest BCUT2D eigenvalue weighted by atomic mass is 79.9. The summed E-state index contributed by atoms with van der Waals surface area (Å²) in [6.45, 7) is 1.60. The predicted molar refractivity (Wildman–Crippen MR) is 76.0 cm³/mol. The minimum Gasteiger partial charge on any atom is -0.319 e. The summed E-state index contributed by atoms with van der Waals surface area (Å²) in [5, 5.41) is 2.94. The second-order valence-corrected chi connectivity index (χ2v) is 5.07. The van der Waals surface area contributed by atoms with Gasteiger partial charge in [-0.2, -0.15) is 0 Å². The molecule has 0 saturated carbocycles. The molecular weight excluding hydrogens is 335 g/mol. The van der Waals surface area contributed by atoms with Gasteiger partial charge < -0.3 is 5.32 Å². The van der Waals surface area contributed by atoms with Crippen molar-refractivity contribution >= 4 is 39.1 Å². The molecule has 0 atom stereocenters. The zero-order valence-corrected chi connectivity index (χ0v) is 12.2. The summed E-state index contributed by atoms with van der Waals surface area (Å²) in [7, 11) is 0. The number of benzene rings is 1. The Balaban J connectivity index is 2.31. The van der Waals surface area contributed by atoms with Gasteiger partial charge in [0.15, 0.2) is 0 Å². The van der Waals surface area contributed by atoms with Crippen molar-refractivity contribution in [2.75, 3.05) is 5.32 Å². The van der Waals surface area contributed by atoms with Gasteiger partial charge in [-0.25, -0.2) is 9.37 Å². The van der Waals surface area contributed by atoms with E-state index in [4.69, 9.17) is 11.6 Å². The van der Waals surface area contributed by atoms with Crippen LogP contribution in [0.15, 0.2) is 35.1 Å². The zero-order chi connectivity index (χ0) is 14.0. The lowest BCUT2D eigenvalue weighted by Crippen LogP contribution is -2.15. The van der Waals surface area contributed by atoms with E-state index in [-0.39, 0.29) is 5.56 Å². The summed E-state index contributed by atoms with van der Waals surface area (Å²) in [6.07, 6.45) is 1.44. The van der Waals surface area contributed by atoms with Gasteiger partial charge in [0.2, 0.25) is 0 Å². The van der Waals surface area contributed by atoms with E-state index in [9.17, 15) is 9.18 Å². The number of amides is 1. The fourth-order valence-electron chi connectivity index (χ4n) is 1.52. The third kappa shape index (κ3) is 3.11. The molecule has 1 heterocycles. The second-order valence-electron chi connectivity index (χ2n) is 3.88. The molecule has 1 amide bonds. The van der Waals surface area contributed by atoms with Crippen molar-refractivity contribution < 1.29 is 9.18 Å². The van der Waals surface area contributed by atoms with Crippen molar-refractivity contribution in [3.63, 3.8) is 0 Å². The van der Waals surface area contributed by atoms with Crippen LogP contribution in [0, 0.1) is 12.7 Å². The van der Waals surface area contributed by atoms with Crippen LogP contribution in [0.25, 0.3) is 0 Å². The van der Waals surface area contributed by atoms with Gasteiger partial charge in [0.1, 0.15) is 10.4 Å². The van der Waals surface area contributed by atoms with Crippen LogP contribution < -0.4 is 5.32 Å². The lowest BCUT2D eigenvalue weighted by atomic mass is 10.1. The van der Waals surface area contributed by atoms with Gasteiger partial charge in [-0.05, 0) is 40.5 Å². The van der Waals surface area contributed by atoms with Crippen molar-refractivity contribution in [3.05, 3.63) is 57.0 Å². The summed E-state index contributed by atoms with van der Waals surface area (Å²) in [4.78, 5) is 15.9. The van der Waals surface area contributed by atoms with E-state index in [0.29, 0.717) is 20.9 Å². The fraction of sp³-hybridized carbons (Fsp3) is 0.0769. The molecule has 0 spiro atoms. The number of rotatable bonds is 2. The largest absolute Gasteiger partial charge is 0.319 e. The number of hydrogen-bond donors (Lipinski definition) is 1. The number of anilines is 1. The molecule has 0 aliphatic heterocycles. The van der Waals surface area contributed by atoms with Crippen LogP contribution >= 0.6 is 27.5 Å². The standard InChI is InChI=1S/C13H9BrClFN2O/c1-7-3-2-4-9(11(7)16)13(19)18-10-5-8(15)6-17-12(10)14/h2-6H,1H3,(H,18,19). The van der Waals surface area contributed by atoms with Crippen molar-refractivity contribution in [2.45, 2.75) is 6.92 Å². The SMILES string of the molecule is Cc1cccc(C(=O)Nc2cc(Cl)cnc2Br)c1F. The van der Waals surface area contributed by atoms with Gasteiger partial charge in [0.05, 0.1) is 16.3 Å². The maximum Gasteiger partial charge on any atom is 0.258 e. The third-order valence-electron chi connectivity index (χ3n) is 2.49. The molecule has 1 N–H and O–H groups in total. The van der Waals surface area contributed by atoms with E-state index < -0.39 is 11.7 Å². The summed E-state index contributed by atoms with van der Waals surface area (Å²) in [6, 6.07) is 6.18. The Morgan fingerprint density at radius 1 is 1.47 bits per heavy atom. The molecule has 0 fully saturated rings. The average Bonchev–Trinajstić information content (AvgIpc) is 2.37.